The summed E-state index contributed by atoms with van der Waals surface area (Å²) in [6, 6.07) is -1.13. The Morgan fingerprint density at radius 2 is 1.64 bits per heavy atom. The summed E-state index contributed by atoms with van der Waals surface area (Å²) in [4.78, 5) is 18.4. The largest absolute Gasteiger partial charge is 0.480 e. The molecule has 11 heavy (non-hydrogen) atoms. The lowest BCUT2D eigenvalue weighted by atomic mass is 10.3. The van der Waals surface area contributed by atoms with Gasteiger partial charge in [0.05, 0.1) is 6.61 Å². The van der Waals surface area contributed by atoms with Crippen LogP contribution in [-0.4, -0.2) is 40.0 Å². The van der Waals surface area contributed by atoms with Gasteiger partial charge in [0.1, 0.15) is 6.04 Å². The van der Waals surface area contributed by atoms with Crippen molar-refractivity contribution in [1.29, 1.82) is 0 Å². The highest BCUT2D eigenvalue weighted by Gasteiger charge is 2.06. The van der Waals surface area contributed by atoms with E-state index in [2.05, 4.69) is 5.73 Å². The van der Waals surface area contributed by atoms with Crippen LogP contribution in [0.1, 0.15) is 0 Å². The Morgan fingerprint density at radius 3 is 1.64 bits per heavy atom. The summed E-state index contributed by atoms with van der Waals surface area (Å²) in [5.74, 6) is -1.18. The van der Waals surface area contributed by atoms with E-state index in [1.54, 1.807) is 0 Å². The molecule has 7 nitrogen and oxygen atoms in total. The van der Waals surface area contributed by atoms with E-state index in [9.17, 15) is 4.79 Å². The molecule has 7 N–H and O–H groups in total. The average molecular weight is 166 g/mol. The molecule has 7 heteroatoms. The third kappa shape index (κ3) is 17.7. The third-order valence-corrected chi connectivity index (χ3v) is 0.514. The molecule has 0 aromatic carbocycles. The monoisotopic (exact) mass is 166 g/mol. The van der Waals surface area contributed by atoms with Crippen molar-refractivity contribution < 1.29 is 24.9 Å². The molecule has 0 unspecified atom stereocenters. The predicted octanol–water partition coefficient (Wildman–Crippen LogP) is -1.99. The molecule has 66 valence electrons. The molecule has 0 rings (SSSR count). The maximum atomic E-state index is 9.65. The van der Waals surface area contributed by atoms with Crippen LogP contribution in [0, 0.1) is 0 Å². The minimum atomic E-state index is -1.33. The van der Waals surface area contributed by atoms with E-state index in [4.69, 9.17) is 25.8 Å². The number of hydrogen-bond donors (Lipinski definition) is 5. The van der Waals surface area contributed by atoms with Crippen LogP contribution < -0.4 is 11.5 Å². The molecule has 0 heterocycles. The molecule has 0 aromatic heterocycles. The van der Waals surface area contributed by atoms with Crippen LogP contribution in [0.25, 0.3) is 0 Å². The minimum Gasteiger partial charge on any atom is -0.480 e. The topological polar surface area (TPSA) is 147 Å². The summed E-state index contributed by atoms with van der Waals surface area (Å²) in [6.07, 6.45) is -1.33. The maximum Gasteiger partial charge on any atom is 0.402 e. The van der Waals surface area contributed by atoms with Crippen LogP contribution in [-0.2, 0) is 4.79 Å². The highest BCUT2D eigenvalue weighted by Crippen LogP contribution is 1.71. The van der Waals surface area contributed by atoms with Crippen LogP contribution in [0.4, 0.5) is 4.79 Å². The van der Waals surface area contributed by atoms with E-state index in [0.29, 0.717) is 0 Å². The quantitative estimate of drug-likeness (QED) is 0.321. The molecule has 0 radical (unpaired) electrons. The number of aliphatic hydroxyl groups excluding tert-OH is 1. The van der Waals surface area contributed by atoms with Crippen LogP contribution in [0.2, 0.25) is 0 Å². The van der Waals surface area contributed by atoms with E-state index in [1.807, 2.05) is 0 Å². The summed E-state index contributed by atoms with van der Waals surface area (Å²) in [5.41, 5.74) is 8.79. The molecule has 1 amide bonds. The van der Waals surface area contributed by atoms with Crippen molar-refractivity contribution in [1.82, 2.24) is 0 Å². The molecule has 0 fully saturated rings. The van der Waals surface area contributed by atoms with E-state index in [1.165, 1.54) is 0 Å². The van der Waals surface area contributed by atoms with Crippen LogP contribution in [0.3, 0.4) is 0 Å². The van der Waals surface area contributed by atoms with Gasteiger partial charge < -0.3 is 26.8 Å². The van der Waals surface area contributed by atoms with Gasteiger partial charge in [0.2, 0.25) is 0 Å². The summed E-state index contributed by atoms with van der Waals surface area (Å²) in [7, 11) is 0. The Labute approximate surface area is 62.2 Å². The van der Waals surface area contributed by atoms with E-state index in [-0.39, 0.29) is 0 Å². The fourth-order valence-electron chi connectivity index (χ4n) is 0.0781. The molecule has 0 aromatic rings. The Hall–Kier alpha value is -1.34. The van der Waals surface area contributed by atoms with Crippen molar-refractivity contribution in [2.45, 2.75) is 6.04 Å². The predicted molar refractivity (Wildman–Crippen MR) is 34.9 cm³/mol. The molecular formula is C4H10N2O5. The Bertz CT molecular complexity index is 132. The van der Waals surface area contributed by atoms with Crippen molar-refractivity contribution in [3.8, 4) is 0 Å². The van der Waals surface area contributed by atoms with Gasteiger partial charge in [0, 0.05) is 0 Å². The maximum absolute atomic E-state index is 9.65. The number of amides is 1. The first kappa shape index (κ1) is 12.3. The van der Waals surface area contributed by atoms with E-state index >= 15 is 0 Å². The lowest BCUT2D eigenvalue weighted by molar-refractivity contribution is -0.139. The summed E-state index contributed by atoms with van der Waals surface area (Å²) in [6.45, 7) is -0.505. The highest BCUT2D eigenvalue weighted by atomic mass is 16.4. The molecule has 0 spiro atoms. The molecule has 0 saturated carbocycles. The average Bonchev–Trinajstić information content (AvgIpc) is 1.85. The van der Waals surface area contributed by atoms with Gasteiger partial charge in [-0.05, 0) is 0 Å². The van der Waals surface area contributed by atoms with Crippen LogP contribution in [0.5, 0.6) is 0 Å². The van der Waals surface area contributed by atoms with Crippen molar-refractivity contribution in [2.24, 2.45) is 11.5 Å². The SMILES string of the molecule is NC(=O)O.N[C@@H](CO)C(=O)O. The number of rotatable bonds is 2. The lowest BCUT2D eigenvalue weighted by Crippen LogP contribution is -2.33. The molecule has 0 aliphatic heterocycles. The van der Waals surface area contributed by atoms with Gasteiger partial charge in [-0.1, -0.05) is 0 Å². The van der Waals surface area contributed by atoms with Crippen LogP contribution >= 0.6 is 0 Å². The Morgan fingerprint density at radius 1 is 1.36 bits per heavy atom. The van der Waals surface area contributed by atoms with Gasteiger partial charge in [-0.2, -0.15) is 0 Å². The number of aliphatic carboxylic acids is 1. The van der Waals surface area contributed by atoms with Crippen LogP contribution in [0.15, 0.2) is 0 Å². The fraction of sp³-hybridized carbons (Fsp3) is 0.500. The van der Waals surface area contributed by atoms with Gasteiger partial charge in [0.25, 0.3) is 0 Å². The van der Waals surface area contributed by atoms with Gasteiger partial charge in [-0.3, -0.25) is 4.79 Å². The first-order valence-corrected chi connectivity index (χ1v) is 2.49. The first-order valence-electron chi connectivity index (χ1n) is 2.49. The Balaban J connectivity index is 0. The molecule has 0 bridgehead atoms. The number of primary amides is 1. The summed E-state index contributed by atoms with van der Waals surface area (Å²) >= 11 is 0. The number of nitrogens with two attached hydrogens (primary N) is 2. The summed E-state index contributed by atoms with van der Waals surface area (Å²) in [5, 5.41) is 23.1. The van der Waals surface area contributed by atoms with E-state index < -0.39 is 24.7 Å². The number of carboxylic acid groups (broad SMARTS) is 2. The second-order valence-electron chi connectivity index (χ2n) is 1.47. The van der Waals surface area contributed by atoms with Crippen molar-refractivity contribution in [3.05, 3.63) is 0 Å². The molecule has 0 aliphatic rings. The number of hydrogen-bond acceptors (Lipinski definition) is 4. The second kappa shape index (κ2) is 6.78. The number of carbonyl (C=O) groups is 2. The Kier molecular flexibility index (Phi) is 7.61. The molecule has 0 saturated heterocycles. The third-order valence-electron chi connectivity index (χ3n) is 0.514. The lowest BCUT2D eigenvalue weighted by Gasteiger charge is -1.96. The zero-order valence-electron chi connectivity index (χ0n) is 5.60. The van der Waals surface area contributed by atoms with Gasteiger partial charge in [0.15, 0.2) is 0 Å². The molecule has 1 atom stereocenters. The van der Waals surface area contributed by atoms with Gasteiger partial charge in [-0.25, -0.2) is 4.79 Å². The minimum absolute atomic E-state index is 0.505. The normalized spacial score (nSPS) is 10.7. The number of aliphatic hydroxyl groups is 1. The zero-order valence-corrected chi connectivity index (χ0v) is 5.60. The number of carboxylic acids is 1. The van der Waals surface area contributed by atoms with E-state index in [0.717, 1.165) is 0 Å². The van der Waals surface area contributed by atoms with Crippen molar-refractivity contribution in [2.75, 3.05) is 6.61 Å². The summed E-state index contributed by atoms with van der Waals surface area (Å²) < 4.78 is 0. The first-order chi connectivity index (χ1) is 4.91. The highest BCUT2D eigenvalue weighted by molar-refractivity contribution is 5.73. The van der Waals surface area contributed by atoms with Crippen molar-refractivity contribution in [3.63, 3.8) is 0 Å². The zero-order chi connectivity index (χ0) is 9.44. The fourth-order valence-corrected chi connectivity index (χ4v) is 0.0781. The van der Waals surface area contributed by atoms with Crippen molar-refractivity contribution >= 4 is 12.1 Å². The molecular weight excluding hydrogens is 156 g/mol. The molecule has 0 aliphatic carbocycles. The van der Waals surface area contributed by atoms with Gasteiger partial charge in [-0.15, -0.1) is 0 Å². The smallest absolute Gasteiger partial charge is 0.402 e. The van der Waals surface area contributed by atoms with Gasteiger partial charge >= 0.3 is 12.1 Å². The standard InChI is InChI=1S/C3H7NO3.CH3NO2/c4-2(1-5)3(6)7;2-1(3)4/h2,5H,1,4H2,(H,6,7);2H2,(H,3,4)/t2-;/m0./s1. The second-order valence-corrected chi connectivity index (χ2v) is 1.47.